The number of aromatic nitrogens is 3. The smallest absolute Gasteiger partial charge is 0.336 e. The van der Waals surface area contributed by atoms with Gasteiger partial charge in [-0.15, -0.1) is 5.10 Å². The fraction of sp³-hybridized carbons (Fsp3) is 0.190. The molecular weight excluding hydrogens is 358 g/mol. The molecule has 2 heterocycles. The second kappa shape index (κ2) is 8.39. The molecule has 4 rings (SSSR count). The Hall–Kier alpha value is -3.61. The minimum absolute atomic E-state index is 0.372. The average molecular weight is 377 g/mol. The van der Waals surface area contributed by atoms with Crippen molar-refractivity contribution >= 4 is 11.0 Å². The zero-order valence-corrected chi connectivity index (χ0v) is 15.2. The van der Waals surface area contributed by atoms with Gasteiger partial charge in [-0.25, -0.2) is 4.79 Å². The Labute approximate surface area is 161 Å². The molecule has 0 saturated carbocycles. The summed E-state index contributed by atoms with van der Waals surface area (Å²) < 4.78 is 18.3. The minimum Gasteiger partial charge on any atom is -0.493 e. The lowest BCUT2D eigenvalue weighted by Crippen LogP contribution is -2.05. The molecule has 0 spiro atoms. The summed E-state index contributed by atoms with van der Waals surface area (Å²) in [6, 6.07) is 18.2. The predicted molar refractivity (Wildman–Crippen MR) is 103 cm³/mol. The number of rotatable bonds is 8. The highest BCUT2D eigenvalue weighted by molar-refractivity contribution is 5.77. The molecule has 0 aliphatic rings. The first kappa shape index (κ1) is 17.8. The maximum absolute atomic E-state index is 11.3. The molecule has 0 N–H and O–H groups in total. The summed E-state index contributed by atoms with van der Waals surface area (Å²) in [5.74, 6) is 1.47. The standard InChI is InChI=1S/C21H19N3O4/c25-21-10-8-16-7-9-19(13-20(16)28-21)26-12-4-11-24-14-17(22-23-24)15-27-18-5-2-1-3-6-18/h1-3,5-10,13-14H,4,11-12,15H2. The Morgan fingerprint density at radius 3 is 2.71 bits per heavy atom. The van der Waals surface area contributed by atoms with E-state index in [-0.39, 0.29) is 5.63 Å². The maximum Gasteiger partial charge on any atom is 0.336 e. The van der Waals surface area contributed by atoms with E-state index in [0.29, 0.717) is 31.1 Å². The van der Waals surface area contributed by atoms with Crippen molar-refractivity contribution in [2.45, 2.75) is 19.6 Å². The van der Waals surface area contributed by atoms with Gasteiger partial charge in [0.05, 0.1) is 12.8 Å². The van der Waals surface area contributed by atoms with E-state index in [1.165, 1.54) is 6.07 Å². The molecule has 0 unspecified atom stereocenters. The molecule has 28 heavy (non-hydrogen) atoms. The summed E-state index contributed by atoms with van der Waals surface area (Å²) >= 11 is 0. The Morgan fingerprint density at radius 2 is 1.82 bits per heavy atom. The molecule has 4 aromatic rings. The molecule has 0 aliphatic heterocycles. The number of ether oxygens (including phenoxy) is 2. The van der Waals surface area contributed by atoms with Crippen LogP contribution in [0.3, 0.4) is 0 Å². The van der Waals surface area contributed by atoms with Crippen LogP contribution in [0.5, 0.6) is 11.5 Å². The van der Waals surface area contributed by atoms with Gasteiger partial charge >= 0.3 is 5.63 Å². The number of fused-ring (bicyclic) bond motifs is 1. The predicted octanol–water partition coefficient (Wildman–Crippen LogP) is 3.43. The van der Waals surface area contributed by atoms with Gasteiger partial charge in [0, 0.05) is 30.5 Å². The molecule has 0 saturated heterocycles. The van der Waals surface area contributed by atoms with Crippen molar-refractivity contribution in [3.8, 4) is 11.5 Å². The lowest BCUT2D eigenvalue weighted by atomic mass is 10.2. The van der Waals surface area contributed by atoms with E-state index in [4.69, 9.17) is 13.9 Å². The second-order valence-corrected chi connectivity index (χ2v) is 6.23. The van der Waals surface area contributed by atoms with Gasteiger partial charge in [0.2, 0.25) is 0 Å². The van der Waals surface area contributed by atoms with E-state index < -0.39 is 0 Å². The van der Waals surface area contributed by atoms with Crippen molar-refractivity contribution in [2.75, 3.05) is 6.61 Å². The quantitative estimate of drug-likeness (QED) is 0.346. The Balaban J connectivity index is 1.24. The molecule has 0 radical (unpaired) electrons. The first-order valence-corrected chi connectivity index (χ1v) is 9.00. The van der Waals surface area contributed by atoms with Crippen LogP contribution < -0.4 is 15.1 Å². The van der Waals surface area contributed by atoms with Crippen LogP contribution in [0.15, 0.2) is 76.1 Å². The highest BCUT2D eigenvalue weighted by Gasteiger charge is 2.03. The Kier molecular flexibility index (Phi) is 5.33. The summed E-state index contributed by atoms with van der Waals surface area (Å²) in [6.07, 6.45) is 2.63. The molecule has 7 nitrogen and oxygen atoms in total. The monoisotopic (exact) mass is 377 g/mol. The number of hydrogen-bond donors (Lipinski definition) is 0. The topological polar surface area (TPSA) is 79.4 Å². The third-order valence-corrected chi connectivity index (χ3v) is 4.11. The van der Waals surface area contributed by atoms with Gasteiger partial charge in [-0.1, -0.05) is 23.4 Å². The molecule has 7 heteroatoms. The fourth-order valence-corrected chi connectivity index (χ4v) is 2.74. The fourth-order valence-electron chi connectivity index (χ4n) is 2.74. The maximum atomic E-state index is 11.3. The highest BCUT2D eigenvalue weighted by Crippen LogP contribution is 2.19. The molecule has 0 atom stereocenters. The molecule has 0 amide bonds. The van der Waals surface area contributed by atoms with Crippen molar-refractivity contribution in [2.24, 2.45) is 0 Å². The van der Waals surface area contributed by atoms with Crippen molar-refractivity contribution in [1.82, 2.24) is 15.0 Å². The SMILES string of the molecule is O=c1ccc2ccc(OCCCn3cc(COc4ccccc4)nn3)cc2o1. The normalized spacial score (nSPS) is 10.9. The summed E-state index contributed by atoms with van der Waals surface area (Å²) in [4.78, 5) is 11.3. The number of nitrogens with zero attached hydrogens (tertiary/aromatic N) is 3. The molecule has 142 valence electrons. The van der Waals surface area contributed by atoms with Gasteiger partial charge < -0.3 is 13.9 Å². The van der Waals surface area contributed by atoms with Crippen LogP contribution in [0, 0.1) is 0 Å². The van der Waals surface area contributed by atoms with Gasteiger partial charge in [0.15, 0.2) is 0 Å². The van der Waals surface area contributed by atoms with Crippen molar-refractivity contribution in [3.05, 3.63) is 83.0 Å². The van der Waals surface area contributed by atoms with E-state index in [1.807, 2.05) is 48.7 Å². The van der Waals surface area contributed by atoms with Crippen molar-refractivity contribution < 1.29 is 13.9 Å². The van der Waals surface area contributed by atoms with Gasteiger partial charge in [0.25, 0.3) is 0 Å². The second-order valence-electron chi connectivity index (χ2n) is 6.23. The molecule has 0 bridgehead atoms. The van der Waals surface area contributed by atoms with Crippen LogP contribution in [-0.4, -0.2) is 21.6 Å². The van der Waals surface area contributed by atoms with E-state index in [9.17, 15) is 4.79 Å². The third-order valence-electron chi connectivity index (χ3n) is 4.11. The van der Waals surface area contributed by atoms with E-state index in [0.717, 1.165) is 23.3 Å². The summed E-state index contributed by atoms with van der Waals surface area (Å²) in [5.41, 5.74) is 0.918. The molecule has 0 fully saturated rings. The largest absolute Gasteiger partial charge is 0.493 e. The first-order chi connectivity index (χ1) is 13.8. The van der Waals surface area contributed by atoms with E-state index >= 15 is 0 Å². The van der Waals surface area contributed by atoms with Crippen LogP contribution in [0.1, 0.15) is 12.1 Å². The van der Waals surface area contributed by atoms with E-state index in [1.54, 1.807) is 16.8 Å². The summed E-state index contributed by atoms with van der Waals surface area (Å²) in [6.45, 7) is 1.57. The molecule has 2 aromatic carbocycles. The molecule has 0 aliphatic carbocycles. The number of hydrogen-bond acceptors (Lipinski definition) is 6. The molecular formula is C21H19N3O4. The van der Waals surface area contributed by atoms with Crippen LogP contribution >= 0.6 is 0 Å². The minimum atomic E-state index is -0.372. The zero-order chi connectivity index (χ0) is 19.2. The zero-order valence-electron chi connectivity index (χ0n) is 15.2. The highest BCUT2D eigenvalue weighted by atomic mass is 16.5. The number of para-hydroxylation sites is 1. The number of benzene rings is 2. The van der Waals surface area contributed by atoms with Crippen molar-refractivity contribution in [1.29, 1.82) is 0 Å². The Bertz CT molecular complexity index is 1110. The molecule has 2 aromatic heterocycles. The lowest BCUT2D eigenvalue weighted by molar-refractivity contribution is 0.297. The van der Waals surface area contributed by atoms with Gasteiger partial charge in [-0.05, 0) is 30.3 Å². The number of aryl methyl sites for hydroxylation is 1. The average Bonchev–Trinajstić information content (AvgIpc) is 3.18. The van der Waals surface area contributed by atoms with Gasteiger partial charge in [-0.2, -0.15) is 0 Å². The van der Waals surface area contributed by atoms with Gasteiger partial charge in [0.1, 0.15) is 29.4 Å². The van der Waals surface area contributed by atoms with Crippen LogP contribution in [-0.2, 0) is 13.2 Å². The third kappa shape index (κ3) is 4.56. The van der Waals surface area contributed by atoms with Crippen LogP contribution in [0.4, 0.5) is 0 Å². The van der Waals surface area contributed by atoms with E-state index in [2.05, 4.69) is 10.3 Å². The van der Waals surface area contributed by atoms with Gasteiger partial charge in [-0.3, -0.25) is 4.68 Å². The van der Waals surface area contributed by atoms with Crippen molar-refractivity contribution in [3.63, 3.8) is 0 Å². The summed E-state index contributed by atoms with van der Waals surface area (Å²) in [5, 5.41) is 9.08. The van der Waals surface area contributed by atoms with Crippen LogP contribution in [0.2, 0.25) is 0 Å². The summed E-state index contributed by atoms with van der Waals surface area (Å²) in [7, 11) is 0. The lowest BCUT2D eigenvalue weighted by Gasteiger charge is -2.06. The Morgan fingerprint density at radius 1 is 0.964 bits per heavy atom. The van der Waals surface area contributed by atoms with Crippen LogP contribution in [0.25, 0.3) is 11.0 Å². The first-order valence-electron chi connectivity index (χ1n) is 9.00.